The molecule has 1 heterocycles. The Labute approximate surface area is 81.0 Å². The van der Waals surface area contributed by atoms with Gasteiger partial charge in [0.2, 0.25) is 0 Å². The summed E-state index contributed by atoms with van der Waals surface area (Å²) in [5.74, 6) is 0.0769. The minimum Gasteiger partial charge on any atom is -0.299 e. The summed E-state index contributed by atoms with van der Waals surface area (Å²) in [7, 11) is 0. The van der Waals surface area contributed by atoms with E-state index < -0.39 is 0 Å². The maximum absolute atomic E-state index is 11.5. The van der Waals surface area contributed by atoms with E-state index in [1.165, 1.54) is 4.57 Å². The first-order valence-electron chi connectivity index (χ1n) is 4.08. The average Bonchev–Trinajstić information content (AvgIpc) is 2.34. The molecule has 0 aliphatic heterocycles. The third kappa shape index (κ3) is 2.52. The van der Waals surface area contributed by atoms with Crippen molar-refractivity contribution in [2.75, 3.05) is 0 Å². The van der Waals surface area contributed by atoms with E-state index in [9.17, 15) is 9.59 Å². The maximum Gasteiger partial charge on any atom is 0.307 e. The Kier molecular flexibility index (Phi) is 2.71. The summed E-state index contributed by atoms with van der Waals surface area (Å²) >= 11 is 1.11. The molecule has 0 amide bonds. The van der Waals surface area contributed by atoms with E-state index in [-0.39, 0.29) is 22.6 Å². The third-order valence-corrected chi connectivity index (χ3v) is 2.49. The molecule has 0 atom stereocenters. The van der Waals surface area contributed by atoms with Gasteiger partial charge in [-0.2, -0.15) is 0 Å². The van der Waals surface area contributed by atoms with Crippen LogP contribution in [0.1, 0.15) is 20.8 Å². The number of rotatable bonds is 2. The number of nitrogens with zero attached hydrogens (tertiary/aromatic N) is 1. The highest BCUT2D eigenvalue weighted by molar-refractivity contribution is 7.07. The van der Waals surface area contributed by atoms with Crippen LogP contribution >= 0.6 is 11.3 Å². The van der Waals surface area contributed by atoms with Crippen molar-refractivity contribution < 1.29 is 4.79 Å². The number of Topliss-reactive ketones (excluding diaryl/α,β-unsaturated/α-hetero) is 1. The molecule has 0 saturated carbocycles. The Morgan fingerprint density at radius 3 is 2.54 bits per heavy atom. The smallest absolute Gasteiger partial charge is 0.299 e. The van der Waals surface area contributed by atoms with E-state index in [0.717, 1.165) is 11.3 Å². The second-order valence-electron chi connectivity index (χ2n) is 3.97. The topological polar surface area (TPSA) is 39.1 Å². The summed E-state index contributed by atoms with van der Waals surface area (Å²) in [4.78, 5) is 22.6. The highest BCUT2D eigenvalue weighted by atomic mass is 32.1. The van der Waals surface area contributed by atoms with Crippen LogP contribution in [0.25, 0.3) is 0 Å². The molecule has 0 aliphatic carbocycles. The van der Waals surface area contributed by atoms with Gasteiger partial charge < -0.3 is 0 Å². The molecule has 0 saturated heterocycles. The number of carbonyl (C=O) groups is 1. The second-order valence-corrected chi connectivity index (χ2v) is 4.83. The lowest BCUT2D eigenvalue weighted by Gasteiger charge is -2.16. The first kappa shape index (κ1) is 10.2. The van der Waals surface area contributed by atoms with Crippen LogP contribution < -0.4 is 4.87 Å². The highest BCUT2D eigenvalue weighted by Gasteiger charge is 2.21. The summed E-state index contributed by atoms with van der Waals surface area (Å²) < 4.78 is 1.44. The average molecular weight is 199 g/mol. The Bertz CT molecular complexity index is 356. The zero-order valence-corrected chi connectivity index (χ0v) is 8.85. The van der Waals surface area contributed by atoms with Gasteiger partial charge in [0.1, 0.15) is 0 Å². The SMILES string of the molecule is CC(C)(C)C(=O)Cn1ccsc1=O. The largest absolute Gasteiger partial charge is 0.307 e. The van der Waals surface area contributed by atoms with Crippen LogP contribution in [0.15, 0.2) is 16.4 Å². The van der Waals surface area contributed by atoms with E-state index >= 15 is 0 Å². The molecule has 4 heteroatoms. The molecule has 0 spiro atoms. The third-order valence-electron chi connectivity index (χ3n) is 1.79. The van der Waals surface area contributed by atoms with Gasteiger partial charge in [-0.1, -0.05) is 32.1 Å². The van der Waals surface area contributed by atoms with Crippen LogP contribution in [0.4, 0.5) is 0 Å². The van der Waals surface area contributed by atoms with E-state index in [2.05, 4.69) is 0 Å². The van der Waals surface area contributed by atoms with Crippen molar-refractivity contribution in [2.24, 2.45) is 5.41 Å². The van der Waals surface area contributed by atoms with Gasteiger partial charge in [0.15, 0.2) is 5.78 Å². The predicted octanol–water partition coefficient (Wildman–Crippen LogP) is 1.52. The minimum absolute atomic E-state index is 0.0717. The predicted molar refractivity (Wildman–Crippen MR) is 53.0 cm³/mol. The van der Waals surface area contributed by atoms with Gasteiger partial charge in [-0.25, -0.2) is 0 Å². The fourth-order valence-corrected chi connectivity index (χ4v) is 1.38. The molecule has 1 rings (SSSR count). The number of hydrogen-bond acceptors (Lipinski definition) is 3. The summed E-state index contributed by atoms with van der Waals surface area (Å²) in [5, 5.41) is 1.69. The van der Waals surface area contributed by atoms with Gasteiger partial charge in [0, 0.05) is 17.0 Å². The van der Waals surface area contributed by atoms with E-state index in [1.54, 1.807) is 11.6 Å². The van der Waals surface area contributed by atoms with Gasteiger partial charge in [-0.15, -0.1) is 0 Å². The Morgan fingerprint density at radius 2 is 2.15 bits per heavy atom. The summed E-state index contributed by atoms with van der Waals surface area (Å²) in [6.07, 6.45) is 1.65. The highest BCUT2D eigenvalue weighted by Crippen LogP contribution is 2.15. The normalized spacial score (nSPS) is 11.6. The van der Waals surface area contributed by atoms with Crippen LogP contribution in [0, 0.1) is 5.41 Å². The van der Waals surface area contributed by atoms with Crippen molar-refractivity contribution in [1.29, 1.82) is 0 Å². The van der Waals surface area contributed by atoms with Crippen molar-refractivity contribution in [3.63, 3.8) is 0 Å². The van der Waals surface area contributed by atoms with E-state index in [0.29, 0.717) is 0 Å². The lowest BCUT2D eigenvalue weighted by atomic mass is 9.91. The van der Waals surface area contributed by atoms with Crippen molar-refractivity contribution in [1.82, 2.24) is 4.57 Å². The zero-order valence-electron chi connectivity index (χ0n) is 8.03. The van der Waals surface area contributed by atoms with E-state index in [4.69, 9.17) is 0 Å². The molecule has 0 aromatic carbocycles. The van der Waals surface area contributed by atoms with Crippen molar-refractivity contribution in [3.8, 4) is 0 Å². The minimum atomic E-state index is -0.374. The van der Waals surface area contributed by atoms with Crippen LogP contribution in [0.3, 0.4) is 0 Å². The molecule has 3 nitrogen and oxygen atoms in total. The number of thiazole rings is 1. The van der Waals surface area contributed by atoms with Gasteiger partial charge in [0.25, 0.3) is 0 Å². The summed E-state index contributed by atoms with van der Waals surface area (Å²) in [5.41, 5.74) is -0.374. The van der Waals surface area contributed by atoms with E-state index in [1.807, 2.05) is 20.8 Å². The molecule has 0 unspecified atom stereocenters. The fourth-order valence-electron chi connectivity index (χ4n) is 0.800. The van der Waals surface area contributed by atoms with Gasteiger partial charge >= 0.3 is 4.87 Å². The molecule has 72 valence electrons. The number of hydrogen-bond donors (Lipinski definition) is 0. The number of ketones is 1. The number of aromatic nitrogens is 1. The Morgan fingerprint density at radius 1 is 1.54 bits per heavy atom. The standard InChI is InChI=1S/C9H13NO2S/c1-9(2,3)7(11)6-10-4-5-13-8(10)12/h4-5H,6H2,1-3H3. The van der Waals surface area contributed by atoms with Crippen molar-refractivity contribution in [3.05, 3.63) is 21.2 Å². The molecule has 13 heavy (non-hydrogen) atoms. The Balaban J connectivity index is 2.77. The summed E-state index contributed by atoms with van der Waals surface area (Å²) in [6, 6.07) is 0. The zero-order chi connectivity index (χ0) is 10.1. The fraction of sp³-hybridized carbons (Fsp3) is 0.556. The van der Waals surface area contributed by atoms with Crippen LogP contribution in [-0.4, -0.2) is 10.4 Å². The molecular formula is C9H13NO2S. The maximum atomic E-state index is 11.5. The molecule has 0 bridgehead atoms. The Hall–Kier alpha value is -0.900. The lowest BCUT2D eigenvalue weighted by molar-refractivity contribution is -0.126. The molecule has 1 aromatic rings. The second kappa shape index (κ2) is 3.46. The molecule has 0 fully saturated rings. The lowest BCUT2D eigenvalue weighted by Crippen LogP contribution is -2.28. The van der Waals surface area contributed by atoms with Crippen LogP contribution in [0.2, 0.25) is 0 Å². The van der Waals surface area contributed by atoms with Crippen molar-refractivity contribution in [2.45, 2.75) is 27.3 Å². The molecule has 0 aliphatic rings. The van der Waals surface area contributed by atoms with Gasteiger partial charge in [-0.05, 0) is 0 Å². The van der Waals surface area contributed by atoms with Crippen LogP contribution in [-0.2, 0) is 11.3 Å². The molecule has 0 N–H and O–H groups in total. The quantitative estimate of drug-likeness (QED) is 0.724. The first-order chi connectivity index (χ1) is 5.91. The molecule has 0 radical (unpaired) electrons. The van der Waals surface area contributed by atoms with Crippen LogP contribution in [0.5, 0.6) is 0 Å². The molecule has 1 aromatic heterocycles. The van der Waals surface area contributed by atoms with Gasteiger partial charge in [0.05, 0.1) is 6.54 Å². The number of carbonyl (C=O) groups excluding carboxylic acids is 1. The summed E-state index contributed by atoms with van der Waals surface area (Å²) in [6.45, 7) is 5.75. The van der Waals surface area contributed by atoms with Crippen molar-refractivity contribution >= 4 is 17.1 Å². The molecular weight excluding hydrogens is 186 g/mol. The van der Waals surface area contributed by atoms with Gasteiger partial charge in [-0.3, -0.25) is 14.2 Å². The monoisotopic (exact) mass is 199 g/mol. The first-order valence-corrected chi connectivity index (χ1v) is 4.96.